The van der Waals surface area contributed by atoms with Gasteiger partial charge in [0.2, 0.25) is 5.91 Å². The molecular weight excluding hydrogens is 368 g/mol. The molecule has 3 aliphatic heterocycles. The number of carbonyl (C=O) groups excluding carboxylic acids is 2. The molecule has 1 aromatic rings. The predicted octanol–water partition coefficient (Wildman–Crippen LogP) is 0.894. The van der Waals surface area contributed by atoms with Gasteiger partial charge in [-0.05, 0) is 19.3 Å². The first-order chi connectivity index (χ1) is 14.2. The monoisotopic (exact) mass is 396 g/mol. The van der Waals surface area contributed by atoms with Gasteiger partial charge in [-0.1, -0.05) is 12.5 Å². The Balaban J connectivity index is 1.20. The number of fused-ring (bicyclic) bond motifs is 1. The molecule has 0 N–H and O–H groups in total. The minimum absolute atomic E-state index is 0.0598. The molecule has 0 aromatic carbocycles. The van der Waals surface area contributed by atoms with E-state index in [9.17, 15) is 9.59 Å². The molecule has 2 fully saturated rings. The summed E-state index contributed by atoms with van der Waals surface area (Å²) in [5.74, 6) is -0.0307. The van der Waals surface area contributed by atoms with E-state index in [1.165, 1.54) is 19.3 Å². The molecule has 2 amide bonds. The number of piperazine rings is 1. The Morgan fingerprint density at radius 2 is 1.97 bits per heavy atom. The molecule has 0 atom stereocenters. The average Bonchev–Trinajstić information content (AvgIpc) is 3.15. The SMILES string of the molecule is O=C(CN1CCc2nn(C3=CCCN=C3)cc2C1=O)N1CCN(C2CCC2)CC1. The number of allylic oxidation sites excluding steroid dienone is 1. The topological polar surface area (TPSA) is 74.0 Å². The first kappa shape index (κ1) is 18.5. The fraction of sp³-hybridized carbons (Fsp3) is 0.619. The molecule has 154 valence electrons. The van der Waals surface area contributed by atoms with Gasteiger partial charge < -0.3 is 9.80 Å². The van der Waals surface area contributed by atoms with Crippen LogP contribution in [0.25, 0.3) is 5.70 Å². The van der Waals surface area contributed by atoms with Crippen molar-refractivity contribution in [2.45, 2.75) is 38.1 Å². The Labute approximate surface area is 170 Å². The second-order valence-electron chi connectivity index (χ2n) is 8.37. The summed E-state index contributed by atoms with van der Waals surface area (Å²) in [6, 6.07) is 0.732. The highest BCUT2D eigenvalue weighted by Crippen LogP contribution is 2.25. The first-order valence-corrected chi connectivity index (χ1v) is 10.8. The number of dihydropyridines is 1. The van der Waals surface area contributed by atoms with Crippen LogP contribution < -0.4 is 0 Å². The summed E-state index contributed by atoms with van der Waals surface area (Å²) < 4.78 is 1.75. The Morgan fingerprint density at radius 3 is 2.66 bits per heavy atom. The van der Waals surface area contributed by atoms with Crippen molar-refractivity contribution >= 4 is 23.7 Å². The zero-order valence-corrected chi connectivity index (χ0v) is 16.8. The summed E-state index contributed by atoms with van der Waals surface area (Å²) in [4.78, 5) is 36.2. The van der Waals surface area contributed by atoms with Crippen LogP contribution in [0.2, 0.25) is 0 Å². The van der Waals surface area contributed by atoms with Crippen molar-refractivity contribution in [3.05, 3.63) is 23.5 Å². The molecule has 5 rings (SSSR count). The third kappa shape index (κ3) is 3.61. The van der Waals surface area contributed by atoms with Crippen molar-refractivity contribution in [1.29, 1.82) is 0 Å². The lowest BCUT2D eigenvalue weighted by atomic mass is 9.91. The van der Waals surface area contributed by atoms with Gasteiger partial charge in [-0.2, -0.15) is 5.10 Å². The molecule has 4 aliphatic rings. The second-order valence-corrected chi connectivity index (χ2v) is 8.37. The Kier molecular flexibility index (Phi) is 4.95. The minimum atomic E-state index is -0.0905. The molecular formula is C21H28N6O2. The van der Waals surface area contributed by atoms with Crippen LogP contribution in [0.3, 0.4) is 0 Å². The standard InChI is InChI=1S/C21H28N6O2/c28-20(25-11-9-24(10-12-25)16-3-1-4-16)15-26-8-6-19-18(21(26)29)14-27(23-19)17-5-2-7-22-13-17/h5,13-14,16H,1-4,6-12,15H2. The number of hydrogen-bond donors (Lipinski definition) is 0. The Bertz CT molecular complexity index is 861. The van der Waals surface area contributed by atoms with E-state index in [0.717, 1.165) is 56.6 Å². The molecule has 8 nitrogen and oxygen atoms in total. The smallest absolute Gasteiger partial charge is 0.257 e. The average molecular weight is 396 g/mol. The van der Waals surface area contributed by atoms with Crippen molar-refractivity contribution in [3.8, 4) is 0 Å². The zero-order chi connectivity index (χ0) is 19.8. The van der Waals surface area contributed by atoms with Crippen LogP contribution in [0.15, 0.2) is 17.3 Å². The fourth-order valence-electron chi connectivity index (χ4n) is 4.57. The molecule has 4 heterocycles. The molecule has 1 aromatic heterocycles. The molecule has 1 saturated carbocycles. The lowest BCUT2D eigenvalue weighted by Gasteiger charge is -2.43. The van der Waals surface area contributed by atoms with E-state index in [0.29, 0.717) is 18.5 Å². The van der Waals surface area contributed by atoms with Crippen LogP contribution in [0.4, 0.5) is 0 Å². The van der Waals surface area contributed by atoms with Crippen LogP contribution in [0.5, 0.6) is 0 Å². The number of rotatable bonds is 4. The number of aromatic nitrogens is 2. The summed E-state index contributed by atoms with van der Waals surface area (Å²) in [7, 11) is 0. The van der Waals surface area contributed by atoms with E-state index in [1.807, 2.05) is 4.90 Å². The van der Waals surface area contributed by atoms with Gasteiger partial charge in [0.25, 0.3) is 5.91 Å². The predicted molar refractivity (Wildman–Crippen MR) is 110 cm³/mol. The van der Waals surface area contributed by atoms with Gasteiger partial charge in [-0.25, -0.2) is 4.68 Å². The van der Waals surface area contributed by atoms with Crippen molar-refractivity contribution < 1.29 is 9.59 Å². The molecule has 0 bridgehead atoms. The highest BCUT2D eigenvalue weighted by molar-refractivity contribution is 6.03. The molecule has 29 heavy (non-hydrogen) atoms. The van der Waals surface area contributed by atoms with Gasteiger partial charge in [0.1, 0.15) is 6.54 Å². The molecule has 0 spiro atoms. The van der Waals surface area contributed by atoms with Gasteiger partial charge in [0, 0.05) is 64.1 Å². The van der Waals surface area contributed by atoms with Gasteiger partial charge in [-0.15, -0.1) is 0 Å². The molecule has 1 aliphatic carbocycles. The first-order valence-electron chi connectivity index (χ1n) is 10.8. The van der Waals surface area contributed by atoms with E-state index < -0.39 is 0 Å². The van der Waals surface area contributed by atoms with Gasteiger partial charge in [0.15, 0.2) is 0 Å². The van der Waals surface area contributed by atoms with E-state index >= 15 is 0 Å². The van der Waals surface area contributed by atoms with E-state index in [4.69, 9.17) is 0 Å². The van der Waals surface area contributed by atoms with E-state index in [1.54, 1.807) is 22.0 Å². The quantitative estimate of drug-likeness (QED) is 0.758. The second kappa shape index (κ2) is 7.74. The Morgan fingerprint density at radius 1 is 1.14 bits per heavy atom. The van der Waals surface area contributed by atoms with E-state index in [2.05, 4.69) is 21.1 Å². The van der Waals surface area contributed by atoms with Crippen molar-refractivity contribution in [1.82, 2.24) is 24.5 Å². The van der Waals surface area contributed by atoms with Gasteiger partial charge in [0.05, 0.1) is 17.0 Å². The normalized spacial score (nSPS) is 23.0. The third-order valence-corrected chi connectivity index (χ3v) is 6.61. The Hall–Kier alpha value is -2.48. The van der Waals surface area contributed by atoms with Crippen LogP contribution in [0, 0.1) is 0 Å². The number of carbonyl (C=O) groups is 2. The van der Waals surface area contributed by atoms with E-state index in [-0.39, 0.29) is 18.4 Å². The summed E-state index contributed by atoms with van der Waals surface area (Å²) in [6.45, 7) is 4.97. The number of aliphatic imine (C=N–C) groups is 1. The van der Waals surface area contributed by atoms with Crippen molar-refractivity contribution in [2.75, 3.05) is 45.8 Å². The van der Waals surface area contributed by atoms with Crippen LogP contribution >= 0.6 is 0 Å². The summed E-state index contributed by atoms with van der Waals surface area (Å²) in [5, 5.41) is 4.58. The third-order valence-electron chi connectivity index (χ3n) is 6.61. The van der Waals surface area contributed by atoms with Crippen LogP contribution in [-0.2, 0) is 11.2 Å². The van der Waals surface area contributed by atoms with Gasteiger partial charge >= 0.3 is 0 Å². The highest BCUT2D eigenvalue weighted by atomic mass is 16.2. The largest absolute Gasteiger partial charge is 0.339 e. The number of nitrogens with zero attached hydrogens (tertiary/aromatic N) is 6. The van der Waals surface area contributed by atoms with Crippen molar-refractivity contribution in [3.63, 3.8) is 0 Å². The number of amides is 2. The summed E-state index contributed by atoms with van der Waals surface area (Å²) in [6.07, 6.45) is 11.2. The fourth-order valence-corrected chi connectivity index (χ4v) is 4.57. The number of hydrogen-bond acceptors (Lipinski definition) is 5. The summed E-state index contributed by atoms with van der Waals surface area (Å²) >= 11 is 0. The molecule has 1 saturated heterocycles. The molecule has 8 heteroatoms. The maximum absolute atomic E-state index is 13.0. The van der Waals surface area contributed by atoms with Crippen molar-refractivity contribution in [2.24, 2.45) is 4.99 Å². The summed E-state index contributed by atoms with van der Waals surface area (Å²) in [5.41, 5.74) is 2.33. The lowest BCUT2D eigenvalue weighted by Crippen LogP contribution is -2.55. The van der Waals surface area contributed by atoms with Crippen LogP contribution in [-0.4, -0.2) is 94.4 Å². The molecule has 0 radical (unpaired) electrons. The highest BCUT2D eigenvalue weighted by Gasteiger charge is 2.32. The maximum Gasteiger partial charge on any atom is 0.257 e. The zero-order valence-electron chi connectivity index (χ0n) is 16.8. The lowest BCUT2D eigenvalue weighted by molar-refractivity contribution is -0.134. The maximum atomic E-state index is 13.0. The van der Waals surface area contributed by atoms with Gasteiger partial charge in [-0.3, -0.25) is 19.5 Å². The van der Waals surface area contributed by atoms with Crippen LogP contribution in [0.1, 0.15) is 41.7 Å². The molecule has 0 unspecified atom stereocenters. The minimum Gasteiger partial charge on any atom is -0.339 e.